The van der Waals surface area contributed by atoms with E-state index in [9.17, 15) is 9.59 Å². The smallest absolute Gasteiger partial charge is 0.413 e. The fraction of sp³-hybridized carbons (Fsp3) is 0.364. The minimum Gasteiger partial charge on any atom is -0.444 e. The Morgan fingerprint density at radius 2 is 1.93 bits per heavy atom. The summed E-state index contributed by atoms with van der Waals surface area (Å²) in [6.45, 7) is 7.78. The quantitative estimate of drug-likeness (QED) is 0.832. The van der Waals surface area contributed by atoms with Gasteiger partial charge >= 0.3 is 6.09 Å². The first-order chi connectivity index (χ1) is 13.7. The summed E-state index contributed by atoms with van der Waals surface area (Å²) < 4.78 is 5.26. The molecule has 29 heavy (non-hydrogen) atoms. The number of benzene rings is 1. The van der Waals surface area contributed by atoms with Crippen LogP contribution in [-0.4, -0.2) is 28.4 Å². The van der Waals surface area contributed by atoms with Crippen LogP contribution in [0.3, 0.4) is 0 Å². The fourth-order valence-electron chi connectivity index (χ4n) is 3.03. The Morgan fingerprint density at radius 1 is 1.21 bits per heavy atom. The van der Waals surface area contributed by atoms with Gasteiger partial charge in [-0.05, 0) is 44.9 Å². The van der Waals surface area contributed by atoms with E-state index in [1.807, 2.05) is 43.3 Å². The number of hydrogen-bond acceptors (Lipinski definition) is 5. The Morgan fingerprint density at radius 3 is 2.62 bits per heavy atom. The van der Waals surface area contributed by atoms with Crippen molar-refractivity contribution < 1.29 is 14.3 Å². The highest BCUT2D eigenvalue weighted by atomic mass is 16.6. The summed E-state index contributed by atoms with van der Waals surface area (Å²) in [5, 5.41) is 5.65. The van der Waals surface area contributed by atoms with Gasteiger partial charge in [0, 0.05) is 11.8 Å². The lowest BCUT2D eigenvalue weighted by Crippen LogP contribution is -2.36. The van der Waals surface area contributed by atoms with E-state index >= 15 is 0 Å². The predicted octanol–water partition coefficient (Wildman–Crippen LogP) is 3.29. The highest BCUT2D eigenvalue weighted by Gasteiger charge is 2.23. The number of amides is 2. The first-order valence-corrected chi connectivity index (χ1v) is 9.58. The molecule has 0 aliphatic carbocycles. The summed E-state index contributed by atoms with van der Waals surface area (Å²) in [6.07, 6.45) is 1.27. The van der Waals surface area contributed by atoms with Crippen LogP contribution in [0.4, 0.5) is 4.79 Å². The zero-order valence-electron chi connectivity index (χ0n) is 17.2. The van der Waals surface area contributed by atoms with Gasteiger partial charge in [0.2, 0.25) is 5.91 Å². The van der Waals surface area contributed by atoms with Gasteiger partial charge in [-0.3, -0.25) is 20.1 Å². The van der Waals surface area contributed by atoms with Crippen molar-refractivity contribution in [1.29, 1.82) is 0 Å². The molecular weight excluding hydrogens is 368 g/mol. The van der Waals surface area contributed by atoms with Crippen LogP contribution in [0.15, 0.2) is 47.6 Å². The molecule has 7 heteroatoms. The minimum atomic E-state index is -0.585. The van der Waals surface area contributed by atoms with Gasteiger partial charge in [0.05, 0.1) is 24.7 Å². The van der Waals surface area contributed by atoms with Crippen LogP contribution in [0.1, 0.15) is 56.1 Å². The molecule has 0 saturated heterocycles. The number of hydrogen-bond donors (Lipinski definition) is 2. The number of rotatable bonds is 4. The summed E-state index contributed by atoms with van der Waals surface area (Å²) in [4.78, 5) is 33.1. The molecule has 152 valence electrons. The second-order valence-electron chi connectivity index (χ2n) is 8.00. The lowest BCUT2D eigenvalue weighted by atomic mass is 10.1. The van der Waals surface area contributed by atoms with Gasteiger partial charge in [-0.1, -0.05) is 30.3 Å². The Labute approximate surface area is 170 Å². The fourth-order valence-corrected chi connectivity index (χ4v) is 3.03. The number of aromatic nitrogens is 1. The molecule has 1 atom stereocenters. The second kappa shape index (κ2) is 8.43. The first-order valence-electron chi connectivity index (χ1n) is 9.58. The number of aliphatic imine (C=N–C) groups is 1. The molecule has 2 N–H and O–H groups in total. The molecule has 1 aromatic heterocycles. The zero-order valence-corrected chi connectivity index (χ0v) is 17.2. The molecule has 0 fully saturated rings. The Bertz CT molecular complexity index is 933. The van der Waals surface area contributed by atoms with Gasteiger partial charge in [-0.15, -0.1) is 0 Å². The van der Waals surface area contributed by atoms with Crippen LogP contribution in [0.5, 0.6) is 0 Å². The van der Waals surface area contributed by atoms with E-state index in [0.29, 0.717) is 18.1 Å². The third-order valence-corrected chi connectivity index (χ3v) is 4.35. The number of nitrogens with one attached hydrogen (secondary N) is 2. The number of amidine groups is 1. The van der Waals surface area contributed by atoms with Crippen molar-refractivity contribution in [3.05, 3.63) is 65.0 Å². The van der Waals surface area contributed by atoms with E-state index in [0.717, 1.165) is 16.7 Å². The molecule has 2 heterocycles. The molecule has 7 nitrogen and oxygen atoms in total. The van der Waals surface area contributed by atoms with Crippen molar-refractivity contribution in [3.8, 4) is 0 Å². The van der Waals surface area contributed by atoms with Crippen molar-refractivity contribution in [2.24, 2.45) is 4.99 Å². The average molecular weight is 394 g/mol. The predicted molar refractivity (Wildman–Crippen MR) is 111 cm³/mol. The van der Waals surface area contributed by atoms with Gasteiger partial charge in [0.1, 0.15) is 11.4 Å². The Kier molecular flexibility index (Phi) is 5.96. The molecule has 1 aliphatic rings. The number of pyridine rings is 1. The van der Waals surface area contributed by atoms with Gasteiger partial charge in [0.25, 0.3) is 0 Å². The summed E-state index contributed by atoms with van der Waals surface area (Å²) in [5.74, 6) is 0.343. The maximum absolute atomic E-state index is 12.4. The summed E-state index contributed by atoms with van der Waals surface area (Å²) >= 11 is 0. The van der Waals surface area contributed by atoms with Crippen molar-refractivity contribution in [1.82, 2.24) is 15.6 Å². The summed E-state index contributed by atoms with van der Waals surface area (Å²) in [7, 11) is 0. The van der Waals surface area contributed by atoms with Crippen molar-refractivity contribution >= 4 is 17.8 Å². The van der Waals surface area contributed by atoms with Crippen LogP contribution in [0, 0.1) is 0 Å². The molecule has 0 saturated carbocycles. The summed E-state index contributed by atoms with van der Waals surface area (Å²) in [6, 6.07) is 11.6. The Hall–Kier alpha value is -3.22. The highest BCUT2D eigenvalue weighted by Crippen LogP contribution is 2.19. The molecule has 3 rings (SSSR count). The number of carbonyl (C=O) groups excluding carboxylic acids is 2. The lowest BCUT2D eigenvalue weighted by molar-refractivity contribution is -0.121. The third kappa shape index (κ3) is 5.63. The van der Waals surface area contributed by atoms with Crippen molar-refractivity contribution in [2.75, 3.05) is 0 Å². The number of ether oxygens (including phenoxy) is 1. The minimum absolute atomic E-state index is 0.0777. The molecule has 1 aromatic carbocycles. The van der Waals surface area contributed by atoms with E-state index in [4.69, 9.17) is 4.74 Å². The highest BCUT2D eigenvalue weighted by molar-refractivity contribution is 6.08. The molecule has 1 aliphatic heterocycles. The van der Waals surface area contributed by atoms with E-state index in [-0.39, 0.29) is 18.4 Å². The molecule has 0 unspecified atom stereocenters. The van der Waals surface area contributed by atoms with E-state index in [2.05, 4.69) is 20.6 Å². The standard InChI is InChI=1S/C22H26N4O3/c1-14(15-8-6-5-7-9-15)25-19(27)11-17-10-16-12-24-20(18(16)13-23-17)26-21(28)29-22(2,3)4/h5-10,13-14H,11-12H2,1-4H3,(H,25,27)(H,24,26,28)/t14-/m1/s1. The van der Waals surface area contributed by atoms with Crippen LogP contribution in [0.2, 0.25) is 0 Å². The average Bonchev–Trinajstić information content (AvgIpc) is 3.02. The van der Waals surface area contributed by atoms with Crippen molar-refractivity contribution in [2.45, 2.75) is 52.3 Å². The first kappa shape index (κ1) is 20.5. The topological polar surface area (TPSA) is 92.7 Å². The molecule has 2 amide bonds. The van der Waals surface area contributed by atoms with E-state index < -0.39 is 11.7 Å². The zero-order chi connectivity index (χ0) is 21.0. The van der Waals surface area contributed by atoms with Gasteiger partial charge < -0.3 is 10.1 Å². The SMILES string of the molecule is C[C@@H](NC(=O)Cc1cc2c(cn1)C(NC(=O)OC(C)(C)C)=NC2)c1ccccc1. The van der Waals surface area contributed by atoms with Crippen molar-refractivity contribution in [3.63, 3.8) is 0 Å². The maximum atomic E-state index is 12.4. The second-order valence-corrected chi connectivity index (χ2v) is 8.00. The van der Waals surface area contributed by atoms with E-state index in [1.165, 1.54) is 0 Å². The van der Waals surface area contributed by atoms with Crippen LogP contribution >= 0.6 is 0 Å². The van der Waals surface area contributed by atoms with E-state index in [1.54, 1.807) is 27.0 Å². The van der Waals surface area contributed by atoms with Crippen LogP contribution in [0.25, 0.3) is 0 Å². The maximum Gasteiger partial charge on any atom is 0.413 e. The largest absolute Gasteiger partial charge is 0.444 e. The Balaban J connectivity index is 1.59. The third-order valence-electron chi connectivity index (χ3n) is 4.35. The summed E-state index contributed by atoms with van der Waals surface area (Å²) in [5.41, 5.74) is 2.80. The lowest BCUT2D eigenvalue weighted by Gasteiger charge is -2.19. The number of alkyl carbamates (subject to hydrolysis) is 1. The van der Waals surface area contributed by atoms with Gasteiger partial charge in [-0.2, -0.15) is 0 Å². The molecule has 0 radical (unpaired) electrons. The van der Waals surface area contributed by atoms with Gasteiger partial charge in [-0.25, -0.2) is 4.79 Å². The molecule has 0 spiro atoms. The monoisotopic (exact) mass is 394 g/mol. The molecule has 0 bridgehead atoms. The number of nitrogens with zero attached hydrogens (tertiary/aromatic N) is 2. The molecule has 2 aromatic rings. The normalized spacial score (nSPS) is 13.9. The van der Waals surface area contributed by atoms with Crippen LogP contribution in [-0.2, 0) is 22.5 Å². The molecular formula is C22H26N4O3. The van der Waals surface area contributed by atoms with Crippen LogP contribution < -0.4 is 10.6 Å². The number of fused-ring (bicyclic) bond motifs is 1. The van der Waals surface area contributed by atoms with Gasteiger partial charge in [0.15, 0.2) is 0 Å². The number of carbonyl (C=O) groups is 2.